The summed E-state index contributed by atoms with van der Waals surface area (Å²) in [5, 5.41) is 25.8. The maximum absolute atomic E-state index is 11.1. The van der Waals surface area contributed by atoms with Crippen LogP contribution in [0, 0.1) is 64.2 Å². The van der Waals surface area contributed by atoms with E-state index in [2.05, 4.69) is 184 Å². The summed E-state index contributed by atoms with van der Waals surface area (Å²) in [5.41, 5.74) is 21.1. The number of hydrogen-bond acceptors (Lipinski definition) is 2. The SMILES string of the molecule is Cc1cc(C)c(-c2ccc3c(c2)c2ccccc2n3-c2cc(-c3cccc(C#N)c3)c(-n3c4ccccc4c4cc(-c5c(C)cc(C)cc5C)ccc43)cc2C#N)c(C)c1. The highest BCUT2D eigenvalue weighted by Gasteiger charge is 2.23. The lowest BCUT2D eigenvalue weighted by Crippen LogP contribution is -2.04. The van der Waals surface area contributed by atoms with Gasteiger partial charge in [-0.1, -0.05) is 96.1 Å². The van der Waals surface area contributed by atoms with Crippen molar-refractivity contribution in [3.8, 4) is 56.9 Å². The Morgan fingerprint density at radius 2 is 0.867 bits per heavy atom. The second-order valence-corrected chi connectivity index (χ2v) is 16.4. The fourth-order valence-electron chi connectivity index (χ4n) is 10.1. The summed E-state index contributed by atoms with van der Waals surface area (Å²) >= 11 is 0. The Kier molecular flexibility index (Phi) is 8.57. The van der Waals surface area contributed by atoms with Crippen LogP contribution in [-0.4, -0.2) is 9.13 Å². The van der Waals surface area contributed by atoms with E-state index in [1.165, 1.54) is 55.6 Å². The largest absolute Gasteiger partial charge is 0.309 e. The molecular weight excluding hydrogens is 729 g/mol. The summed E-state index contributed by atoms with van der Waals surface area (Å²) in [6.07, 6.45) is 0. The summed E-state index contributed by atoms with van der Waals surface area (Å²) < 4.78 is 4.54. The van der Waals surface area contributed by atoms with Crippen molar-refractivity contribution in [2.24, 2.45) is 0 Å². The molecule has 0 atom stereocenters. The molecule has 0 N–H and O–H groups in total. The smallest absolute Gasteiger partial charge is 0.101 e. The van der Waals surface area contributed by atoms with Crippen molar-refractivity contribution < 1.29 is 0 Å². The number of rotatable bonds is 5. The van der Waals surface area contributed by atoms with E-state index >= 15 is 0 Å². The maximum atomic E-state index is 11.1. The Labute approximate surface area is 350 Å². The van der Waals surface area contributed by atoms with Gasteiger partial charge in [-0.05, 0) is 152 Å². The molecule has 8 aromatic carbocycles. The van der Waals surface area contributed by atoms with Gasteiger partial charge in [0.1, 0.15) is 6.07 Å². The van der Waals surface area contributed by atoms with E-state index in [1.54, 1.807) is 0 Å². The van der Waals surface area contributed by atoms with Crippen LogP contribution in [0.15, 0.2) is 146 Å². The van der Waals surface area contributed by atoms with Crippen LogP contribution in [0.4, 0.5) is 0 Å². The highest BCUT2D eigenvalue weighted by Crippen LogP contribution is 2.43. The normalized spacial score (nSPS) is 11.5. The van der Waals surface area contributed by atoms with E-state index in [0.717, 1.165) is 66.1 Å². The molecule has 0 aliphatic carbocycles. The van der Waals surface area contributed by atoms with Crippen LogP contribution in [0.2, 0.25) is 0 Å². The number of para-hydroxylation sites is 2. The van der Waals surface area contributed by atoms with Crippen molar-refractivity contribution in [3.05, 3.63) is 190 Å². The predicted molar refractivity (Wildman–Crippen MR) is 249 cm³/mol. The lowest BCUT2D eigenvalue weighted by molar-refractivity contribution is 1.14. The summed E-state index contributed by atoms with van der Waals surface area (Å²) in [6.45, 7) is 13.1. The molecule has 0 unspecified atom stereocenters. The molecule has 0 aliphatic heterocycles. The molecule has 2 heterocycles. The lowest BCUT2D eigenvalue weighted by atomic mass is 9.93. The molecular formula is C56H42N4. The average Bonchev–Trinajstić information content (AvgIpc) is 3.74. The Bertz CT molecular complexity index is 3480. The minimum atomic E-state index is 0.551. The Morgan fingerprint density at radius 1 is 0.383 bits per heavy atom. The minimum absolute atomic E-state index is 0.551. The maximum Gasteiger partial charge on any atom is 0.101 e. The van der Waals surface area contributed by atoms with Crippen LogP contribution in [0.25, 0.3) is 88.4 Å². The number of benzene rings is 8. The molecule has 4 heteroatoms. The lowest BCUT2D eigenvalue weighted by Gasteiger charge is -2.19. The number of nitrogens with zero attached hydrogens (tertiary/aromatic N) is 4. The van der Waals surface area contributed by atoms with E-state index < -0.39 is 0 Å². The zero-order valence-corrected chi connectivity index (χ0v) is 34.6. The molecule has 0 radical (unpaired) electrons. The third-order valence-electron chi connectivity index (χ3n) is 12.3. The first kappa shape index (κ1) is 36.7. The topological polar surface area (TPSA) is 57.4 Å². The monoisotopic (exact) mass is 770 g/mol. The number of nitriles is 2. The zero-order valence-electron chi connectivity index (χ0n) is 34.6. The van der Waals surface area contributed by atoms with Gasteiger partial charge < -0.3 is 9.13 Å². The Hall–Kier alpha value is -7.66. The second kappa shape index (κ2) is 14.0. The first-order valence-corrected chi connectivity index (χ1v) is 20.5. The van der Waals surface area contributed by atoms with Crippen LogP contribution in [0.5, 0.6) is 0 Å². The van der Waals surface area contributed by atoms with Crippen LogP contribution in [0.3, 0.4) is 0 Å². The van der Waals surface area contributed by atoms with Crippen molar-refractivity contribution in [2.45, 2.75) is 41.5 Å². The van der Waals surface area contributed by atoms with Gasteiger partial charge in [0.25, 0.3) is 0 Å². The molecule has 10 rings (SSSR count). The predicted octanol–water partition coefficient (Wildman–Crippen LogP) is 14.5. The fraction of sp³-hybridized carbons (Fsp3) is 0.107. The van der Waals surface area contributed by atoms with Crippen LogP contribution in [-0.2, 0) is 0 Å². The second-order valence-electron chi connectivity index (χ2n) is 16.4. The van der Waals surface area contributed by atoms with E-state index in [0.29, 0.717) is 11.1 Å². The van der Waals surface area contributed by atoms with Gasteiger partial charge in [0.2, 0.25) is 0 Å². The van der Waals surface area contributed by atoms with Gasteiger partial charge in [0.15, 0.2) is 0 Å². The van der Waals surface area contributed by atoms with Crippen LogP contribution in [0.1, 0.15) is 44.5 Å². The highest BCUT2D eigenvalue weighted by molar-refractivity contribution is 6.12. The van der Waals surface area contributed by atoms with Gasteiger partial charge in [-0.3, -0.25) is 0 Å². The third kappa shape index (κ3) is 5.72. The number of aromatic nitrogens is 2. The summed E-state index contributed by atoms with van der Waals surface area (Å²) in [4.78, 5) is 0. The molecule has 0 amide bonds. The minimum Gasteiger partial charge on any atom is -0.309 e. The van der Waals surface area contributed by atoms with Crippen molar-refractivity contribution in [1.82, 2.24) is 9.13 Å². The molecule has 60 heavy (non-hydrogen) atoms. The van der Waals surface area contributed by atoms with Gasteiger partial charge in [0.05, 0.1) is 50.6 Å². The molecule has 0 spiro atoms. The molecule has 0 fully saturated rings. The number of hydrogen-bond donors (Lipinski definition) is 0. The molecule has 0 saturated carbocycles. The van der Waals surface area contributed by atoms with Crippen molar-refractivity contribution in [3.63, 3.8) is 0 Å². The Morgan fingerprint density at radius 3 is 1.37 bits per heavy atom. The molecule has 4 nitrogen and oxygen atoms in total. The standard InChI is InChI=1S/C56H42N4/c1-33-22-35(3)55(36(4)23-33)41-18-20-51-47(27-41)44-14-7-9-16-49(44)59(51)53-30-46(40-13-11-12-39(26-40)31-57)54(29-43(53)32-58)60-50-17-10-8-15-45(50)48-28-42(19-21-52(48)60)56-37(5)24-34(2)25-38(56)6/h7-30H,1-6H3. The van der Waals surface area contributed by atoms with Gasteiger partial charge in [0, 0.05) is 27.1 Å². The van der Waals surface area contributed by atoms with Crippen LogP contribution < -0.4 is 0 Å². The summed E-state index contributed by atoms with van der Waals surface area (Å²) in [7, 11) is 0. The quantitative estimate of drug-likeness (QED) is 0.175. The van der Waals surface area contributed by atoms with Crippen LogP contribution >= 0.6 is 0 Å². The molecule has 0 bridgehead atoms. The van der Waals surface area contributed by atoms with Gasteiger partial charge in [-0.2, -0.15) is 10.5 Å². The molecule has 2 aromatic heterocycles. The average molecular weight is 771 g/mol. The fourth-order valence-corrected chi connectivity index (χ4v) is 10.1. The first-order valence-electron chi connectivity index (χ1n) is 20.5. The van der Waals surface area contributed by atoms with E-state index in [4.69, 9.17) is 0 Å². The van der Waals surface area contributed by atoms with Crippen molar-refractivity contribution >= 4 is 43.6 Å². The van der Waals surface area contributed by atoms with Gasteiger partial charge in [-0.15, -0.1) is 0 Å². The van der Waals surface area contributed by atoms with E-state index in [1.807, 2.05) is 24.3 Å². The van der Waals surface area contributed by atoms with Crippen molar-refractivity contribution in [2.75, 3.05) is 0 Å². The highest BCUT2D eigenvalue weighted by atomic mass is 15.0. The molecule has 286 valence electrons. The van der Waals surface area contributed by atoms with Gasteiger partial charge >= 0.3 is 0 Å². The van der Waals surface area contributed by atoms with Crippen molar-refractivity contribution in [1.29, 1.82) is 10.5 Å². The molecule has 0 saturated heterocycles. The Balaban J connectivity index is 1.27. The van der Waals surface area contributed by atoms with Gasteiger partial charge in [-0.25, -0.2) is 0 Å². The van der Waals surface area contributed by atoms with E-state index in [-0.39, 0.29) is 0 Å². The number of aryl methyl sites for hydroxylation is 6. The third-order valence-corrected chi connectivity index (χ3v) is 12.3. The molecule has 10 aromatic rings. The first-order chi connectivity index (χ1) is 29.1. The summed E-state index contributed by atoms with van der Waals surface area (Å²) in [5.74, 6) is 0. The number of fused-ring (bicyclic) bond motifs is 6. The van der Waals surface area contributed by atoms with E-state index in [9.17, 15) is 10.5 Å². The zero-order chi connectivity index (χ0) is 41.4. The molecule has 0 aliphatic rings. The summed E-state index contributed by atoms with van der Waals surface area (Å²) in [6, 6.07) is 56.5.